The molecule has 0 saturated heterocycles. The Morgan fingerprint density at radius 1 is 1.50 bits per heavy atom. The third-order valence-corrected chi connectivity index (χ3v) is 3.01. The van der Waals surface area contributed by atoms with Gasteiger partial charge in [0.25, 0.3) is 0 Å². The lowest BCUT2D eigenvalue weighted by Gasteiger charge is -2.12. The predicted molar refractivity (Wildman–Crippen MR) is 65.6 cm³/mol. The Balaban J connectivity index is 2.11. The Labute approximate surface area is 110 Å². The van der Waals surface area contributed by atoms with Crippen LogP contribution in [0.4, 0.5) is 4.39 Å². The standard InChI is InChI=1S/C13H14ClFO3/c14-11-7-9(15)6-8(2-1-3-12(16)17)13(11)18-10-4-5-10/h6-7,10H,1-5H2,(H,16,17). The highest BCUT2D eigenvalue weighted by Gasteiger charge is 2.26. The number of halogens is 2. The van der Waals surface area contributed by atoms with Crippen LogP contribution >= 0.6 is 11.6 Å². The molecule has 3 nitrogen and oxygen atoms in total. The van der Waals surface area contributed by atoms with Crippen molar-refractivity contribution >= 4 is 17.6 Å². The molecule has 1 aromatic rings. The minimum absolute atomic E-state index is 0.0526. The monoisotopic (exact) mass is 272 g/mol. The van der Waals surface area contributed by atoms with E-state index < -0.39 is 11.8 Å². The normalized spacial score (nSPS) is 14.6. The fraction of sp³-hybridized carbons (Fsp3) is 0.462. The van der Waals surface area contributed by atoms with Crippen molar-refractivity contribution < 1.29 is 19.0 Å². The van der Waals surface area contributed by atoms with Crippen LogP contribution in [-0.4, -0.2) is 17.2 Å². The summed E-state index contributed by atoms with van der Waals surface area (Å²) in [7, 11) is 0. The number of hydrogen-bond donors (Lipinski definition) is 1. The zero-order valence-electron chi connectivity index (χ0n) is 9.79. The lowest BCUT2D eigenvalue weighted by molar-refractivity contribution is -0.137. The van der Waals surface area contributed by atoms with E-state index in [-0.39, 0.29) is 17.5 Å². The van der Waals surface area contributed by atoms with Gasteiger partial charge in [-0.15, -0.1) is 0 Å². The number of carboxylic acid groups (broad SMARTS) is 1. The van der Waals surface area contributed by atoms with E-state index in [2.05, 4.69) is 0 Å². The number of carbonyl (C=O) groups is 1. The summed E-state index contributed by atoms with van der Waals surface area (Å²) in [4.78, 5) is 10.5. The molecule has 1 aliphatic carbocycles. The highest BCUT2D eigenvalue weighted by Crippen LogP contribution is 2.36. The van der Waals surface area contributed by atoms with Crippen LogP contribution in [0.3, 0.4) is 0 Å². The number of aryl methyl sites for hydroxylation is 1. The second-order valence-electron chi connectivity index (χ2n) is 4.44. The van der Waals surface area contributed by atoms with Gasteiger partial charge < -0.3 is 9.84 Å². The first kappa shape index (κ1) is 13.1. The van der Waals surface area contributed by atoms with Gasteiger partial charge in [-0.3, -0.25) is 4.79 Å². The Morgan fingerprint density at radius 3 is 2.83 bits per heavy atom. The summed E-state index contributed by atoms with van der Waals surface area (Å²) in [6.07, 6.45) is 3.09. The smallest absolute Gasteiger partial charge is 0.303 e. The zero-order chi connectivity index (χ0) is 13.1. The van der Waals surface area contributed by atoms with Crippen LogP contribution in [0, 0.1) is 5.82 Å². The second kappa shape index (κ2) is 5.57. The number of aliphatic carboxylic acids is 1. The molecule has 98 valence electrons. The third kappa shape index (κ3) is 3.60. The molecule has 0 atom stereocenters. The lowest BCUT2D eigenvalue weighted by Crippen LogP contribution is -2.03. The van der Waals surface area contributed by atoms with Crippen LogP contribution in [-0.2, 0) is 11.2 Å². The summed E-state index contributed by atoms with van der Waals surface area (Å²) < 4.78 is 18.9. The number of carboxylic acids is 1. The van der Waals surface area contributed by atoms with Crippen molar-refractivity contribution in [3.05, 3.63) is 28.5 Å². The fourth-order valence-electron chi connectivity index (χ4n) is 1.71. The molecule has 0 amide bonds. The average molecular weight is 273 g/mol. The van der Waals surface area contributed by atoms with E-state index in [1.54, 1.807) is 0 Å². The highest BCUT2D eigenvalue weighted by atomic mass is 35.5. The first-order valence-electron chi connectivity index (χ1n) is 5.92. The van der Waals surface area contributed by atoms with Crippen molar-refractivity contribution in [3.8, 4) is 5.75 Å². The summed E-state index contributed by atoms with van der Waals surface area (Å²) in [5.74, 6) is -0.776. The number of benzene rings is 1. The molecule has 1 saturated carbocycles. The predicted octanol–water partition coefficient (Wildman–Crippen LogP) is 3.43. The summed E-state index contributed by atoms with van der Waals surface area (Å²) in [6.45, 7) is 0. The van der Waals surface area contributed by atoms with Gasteiger partial charge in [0.05, 0.1) is 11.1 Å². The van der Waals surface area contributed by atoms with E-state index in [4.69, 9.17) is 21.4 Å². The van der Waals surface area contributed by atoms with E-state index in [0.717, 1.165) is 12.8 Å². The quantitative estimate of drug-likeness (QED) is 0.863. The maximum absolute atomic E-state index is 13.3. The maximum atomic E-state index is 13.3. The molecule has 0 spiro atoms. The molecule has 0 heterocycles. The first-order valence-corrected chi connectivity index (χ1v) is 6.30. The van der Waals surface area contributed by atoms with Crippen molar-refractivity contribution in [2.75, 3.05) is 0 Å². The molecular formula is C13H14ClFO3. The lowest BCUT2D eigenvalue weighted by atomic mass is 10.1. The molecular weight excluding hydrogens is 259 g/mol. The van der Waals surface area contributed by atoms with Gasteiger partial charge in [-0.1, -0.05) is 11.6 Å². The van der Waals surface area contributed by atoms with Crippen molar-refractivity contribution in [1.82, 2.24) is 0 Å². The molecule has 1 aromatic carbocycles. The molecule has 0 aliphatic heterocycles. The molecule has 1 aliphatic rings. The van der Waals surface area contributed by atoms with E-state index in [0.29, 0.717) is 24.2 Å². The first-order chi connectivity index (χ1) is 8.56. The average Bonchev–Trinajstić information content (AvgIpc) is 3.06. The van der Waals surface area contributed by atoms with E-state index in [9.17, 15) is 9.18 Å². The second-order valence-corrected chi connectivity index (χ2v) is 4.85. The third-order valence-electron chi connectivity index (χ3n) is 2.73. The largest absolute Gasteiger partial charge is 0.489 e. The van der Waals surface area contributed by atoms with Crippen LogP contribution in [0.25, 0.3) is 0 Å². The Hall–Kier alpha value is -1.29. The van der Waals surface area contributed by atoms with Gasteiger partial charge in [0.1, 0.15) is 11.6 Å². The molecule has 1 N–H and O–H groups in total. The minimum atomic E-state index is -0.859. The molecule has 18 heavy (non-hydrogen) atoms. The number of rotatable bonds is 6. The molecule has 1 fully saturated rings. The summed E-state index contributed by atoms with van der Waals surface area (Å²) in [5.41, 5.74) is 0.646. The van der Waals surface area contributed by atoms with Crippen LogP contribution in [0.15, 0.2) is 12.1 Å². The van der Waals surface area contributed by atoms with Gasteiger partial charge in [0.2, 0.25) is 0 Å². The number of hydrogen-bond acceptors (Lipinski definition) is 2. The van der Waals surface area contributed by atoms with Gasteiger partial charge in [-0.05, 0) is 43.4 Å². The summed E-state index contributed by atoms with van der Waals surface area (Å²) in [6, 6.07) is 2.59. The molecule has 0 aromatic heterocycles. The summed E-state index contributed by atoms with van der Waals surface area (Å²) >= 11 is 5.97. The fourth-order valence-corrected chi connectivity index (χ4v) is 1.98. The zero-order valence-corrected chi connectivity index (χ0v) is 10.5. The molecule has 2 rings (SSSR count). The van der Waals surface area contributed by atoms with Crippen LogP contribution in [0.2, 0.25) is 5.02 Å². The minimum Gasteiger partial charge on any atom is -0.489 e. The van der Waals surface area contributed by atoms with Crippen LogP contribution in [0.1, 0.15) is 31.2 Å². The molecule has 0 unspecified atom stereocenters. The topological polar surface area (TPSA) is 46.5 Å². The SMILES string of the molecule is O=C(O)CCCc1cc(F)cc(Cl)c1OC1CC1. The molecule has 0 radical (unpaired) electrons. The van der Waals surface area contributed by atoms with E-state index in [1.807, 2.05) is 0 Å². The van der Waals surface area contributed by atoms with Crippen LogP contribution in [0.5, 0.6) is 5.75 Å². The van der Waals surface area contributed by atoms with Gasteiger partial charge in [0, 0.05) is 6.42 Å². The molecule has 5 heteroatoms. The van der Waals surface area contributed by atoms with Gasteiger partial charge >= 0.3 is 5.97 Å². The van der Waals surface area contributed by atoms with Gasteiger partial charge in [-0.2, -0.15) is 0 Å². The Bertz CT molecular complexity index is 458. The van der Waals surface area contributed by atoms with Crippen molar-refractivity contribution in [1.29, 1.82) is 0 Å². The number of ether oxygens (including phenoxy) is 1. The van der Waals surface area contributed by atoms with Crippen molar-refractivity contribution in [2.24, 2.45) is 0 Å². The van der Waals surface area contributed by atoms with E-state index in [1.165, 1.54) is 12.1 Å². The Morgan fingerprint density at radius 2 is 2.22 bits per heavy atom. The highest BCUT2D eigenvalue weighted by molar-refractivity contribution is 6.32. The van der Waals surface area contributed by atoms with Crippen molar-refractivity contribution in [2.45, 2.75) is 38.2 Å². The van der Waals surface area contributed by atoms with E-state index >= 15 is 0 Å². The van der Waals surface area contributed by atoms with Gasteiger partial charge in [0.15, 0.2) is 0 Å². The maximum Gasteiger partial charge on any atom is 0.303 e. The summed E-state index contributed by atoms with van der Waals surface area (Å²) in [5, 5.41) is 8.85. The molecule has 0 bridgehead atoms. The Kier molecular flexibility index (Phi) is 4.07. The van der Waals surface area contributed by atoms with Crippen molar-refractivity contribution in [3.63, 3.8) is 0 Å². The van der Waals surface area contributed by atoms with Gasteiger partial charge in [-0.25, -0.2) is 4.39 Å². The van der Waals surface area contributed by atoms with Crippen LogP contribution < -0.4 is 4.74 Å².